The zero-order valence-corrected chi connectivity index (χ0v) is 15.1. The number of carbonyl (C=O) groups excluding carboxylic acids is 2. The molecule has 0 fully saturated rings. The highest BCUT2D eigenvalue weighted by molar-refractivity contribution is 5.95. The van der Waals surface area contributed by atoms with Crippen molar-refractivity contribution in [3.63, 3.8) is 0 Å². The summed E-state index contributed by atoms with van der Waals surface area (Å²) in [6.07, 6.45) is 3.21. The number of nitrogens with zero attached hydrogens (tertiary/aromatic N) is 2. The first-order valence-corrected chi connectivity index (χ1v) is 8.45. The van der Waals surface area contributed by atoms with Gasteiger partial charge in [-0.2, -0.15) is 0 Å². The summed E-state index contributed by atoms with van der Waals surface area (Å²) < 4.78 is 12.3. The van der Waals surface area contributed by atoms with E-state index in [0.29, 0.717) is 17.9 Å². The molecule has 0 aliphatic carbocycles. The number of nitrogens with one attached hydrogen (secondary N) is 2. The molecule has 0 saturated carbocycles. The minimum Gasteiger partial charge on any atom is -0.487 e. The lowest BCUT2D eigenvalue weighted by Crippen LogP contribution is -2.41. The van der Waals surface area contributed by atoms with Crippen LogP contribution in [0.1, 0.15) is 28.5 Å². The number of ether oxygens (including phenoxy) is 2. The highest BCUT2D eigenvalue weighted by atomic mass is 16.6. The predicted octanol–water partition coefficient (Wildman–Crippen LogP) is 2.61. The van der Waals surface area contributed by atoms with Crippen LogP contribution in [0.2, 0.25) is 0 Å². The average molecular weight is 368 g/mol. The molecule has 0 aliphatic heterocycles. The molecule has 1 aromatic carbocycles. The maximum Gasteiger partial charge on any atom is 0.426 e. The summed E-state index contributed by atoms with van der Waals surface area (Å²) in [7, 11) is 0. The number of hydrogen-bond acceptors (Lipinski definition) is 5. The van der Waals surface area contributed by atoms with Crippen molar-refractivity contribution in [3.05, 3.63) is 65.6 Å². The Bertz CT molecular complexity index is 950. The van der Waals surface area contributed by atoms with Gasteiger partial charge in [0.15, 0.2) is 0 Å². The summed E-state index contributed by atoms with van der Waals surface area (Å²) in [5.74, 6) is 0.156. The molecule has 2 heterocycles. The van der Waals surface area contributed by atoms with E-state index in [9.17, 15) is 9.59 Å². The van der Waals surface area contributed by atoms with E-state index in [1.807, 2.05) is 35.9 Å². The molecule has 3 rings (SSSR count). The number of benzene rings is 1. The van der Waals surface area contributed by atoms with Gasteiger partial charge in [0.05, 0.1) is 12.3 Å². The number of hydrogen-bond donors (Lipinski definition) is 2. The van der Waals surface area contributed by atoms with E-state index in [-0.39, 0.29) is 6.61 Å². The number of imidazole rings is 1. The minimum absolute atomic E-state index is 0.222. The van der Waals surface area contributed by atoms with Gasteiger partial charge in [0.2, 0.25) is 0 Å². The van der Waals surface area contributed by atoms with E-state index in [2.05, 4.69) is 20.6 Å². The Morgan fingerprint density at radius 1 is 1.07 bits per heavy atom. The van der Waals surface area contributed by atoms with Crippen LogP contribution < -0.4 is 15.6 Å². The first-order chi connectivity index (χ1) is 13.0. The molecule has 0 radical (unpaired) electrons. The lowest BCUT2D eigenvalue weighted by atomic mass is 10.2. The van der Waals surface area contributed by atoms with Crippen LogP contribution >= 0.6 is 0 Å². The second-order valence-corrected chi connectivity index (χ2v) is 5.82. The van der Waals surface area contributed by atoms with Crippen LogP contribution in [-0.4, -0.2) is 28.0 Å². The summed E-state index contributed by atoms with van der Waals surface area (Å²) in [5.41, 5.74) is 7.62. The van der Waals surface area contributed by atoms with Crippen LogP contribution in [0.5, 0.6) is 5.75 Å². The third kappa shape index (κ3) is 4.75. The van der Waals surface area contributed by atoms with Crippen molar-refractivity contribution in [2.75, 3.05) is 6.61 Å². The van der Waals surface area contributed by atoms with E-state index in [4.69, 9.17) is 4.74 Å². The van der Waals surface area contributed by atoms with E-state index in [1.165, 1.54) is 0 Å². The molecule has 0 bridgehead atoms. The molecule has 0 unspecified atom stereocenters. The molecule has 8 heteroatoms. The zero-order valence-electron chi connectivity index (χ0n) is 15.1. The Kier molecular flexibility index (Phi) is 5.55. The first-order valence-electron chi connectivity index (χ1n) is 8.45. The van der Waals surface area contributed by atoms with Gasteiger partial charge in [-0.1, -0.05) is 6.07 Å². The molecule has 27 heavy (non-hydrogen) atoms. The van der Waals surface area contributed by atoms with Gasteiger partial charge in [-0.05, 0) is 49.7 Å². The number of aromatic nitrogens is 2. The highest BCUT2D eigenvalue weighted by Crippen LogP contribution is 2.15. The molecule has 0 spiro atoms. The topological polar surface area (TPSA) is 94.0 Å². The van der Waals surface area contributed by atoms with Crippen LogP contribution in [0.3, 0.4) is 0 Å². The number of rotatable bonds is 5. The van der Waals surface area contributed by atoms with Crippen LogP contribution in [0.15, 0.2) is 48.8 Å². The maximum absolute atomic E-state index is 11.9. The quantitative estimate of drug-likeness (QED) is 0.675. The fourth-order valence-electron chi connectivity index (χ4n) is 2.43. The Labute approximate surface area is 156 Å². The Morgan fingerprint density at radius 3 is 2.59 bits per heavy atom. The molecule has 2 amide bonds. The molecular formula is C19H20N4O4. The Balaban J connectivity index is 1.55. The van der Waals surface area contributed by atoms with Crippen molar-refractivity contribution >= 4 is 17.6 Å². The largest absolute Gasteiger partial charge is 0.487 e. The fourth-order valence-corrected chi connectivity index (χ4v) is 2.43. The van der Waals surface area contributed by atoms with Gasteiger partial charge in [0.1, 0.15) is 18.0 Å². The molecule has 0 saturated heterocycles. The maximum atomic E-state index is 11.9. The number of pyridine rings is 1. The summed E-state index contributed by atoms with van der Waals surface area (Å²) >= 11 is 0. The first kappa shape index (κ1) is 18.2. The lowest BCUT2D eigenvalue weighted by molar-refractivity contribution is 0.0912. The Hall–Kier alpha value is -3.55. The van der Waals surface area contributed by atoms with Gasteiger partial charge in [0.25, 0.3) is 5.91 Å². The van der Waals surface area contributed by atoms with E-state index in [1.54, 1.807) is 31.2 Å². The fraction of sp³-hybridized carbons (Fsp3) is 0.211. The normalized spacial score (nSPS) is 10.4. The summed E-state index contributed by atoms with van der Waals surface area (Å²) in [6.45, 7) is 4.24. The van der Waals surface area contributed by atoms with E-state index >= 15 is 0 Å². The molecule has 2 aromatic heterocycles. The lowest BCUT2D eigenvalue weighted by Gasteiger charge is -2.08. The van der Waals surface area contributed by atoms with Gasteiger partial charge >= 0.3 is 6.09 Å². The second-order valence-electron chi connectivity index (χ2n) is 5.82. The molecule has 140 valence electrons. The Morgan fingerprint density at radius 2 is 1.85 bits per heavy atom. The zero-order chi connectivity index (χ0) is 19.2. The van der Waals surface area contributed by atoms with Crippen molar-refractivity contribution < 1.29 is 19.1 Å². The number of carbonyl (C=O) groups is 2. The van der Waals surface area contributed by atoms with Crippen molar-refractivity contribution in [1.82, 2.24) is 20.2 Å². The highest BCUT2D eigenvalue weighted by Gasteiger charge is 2.08. The predicted molar refractivity (Wildman–Crippen MR) is 98.3 cm³/mol. The van der Waals surface area contributed by atoms with Crippen molar-refractivity contribution in [1.29, 1.82) is 0 Å². The van der Waals surface area contributed by atoms with Crippen LogP contribution in [-0.2, 0) is 11.3 Å². The smallest absolute Gasteiger partial charge is 0.426 e. The SMILES string of the molecule is CCOC(=O)NNC(=O)c1ccc(OCc2cn3cc(C)ccc3n2)cc1. The summed E-state index contributed by atoms with van der Waals surface area (Å²) in [6, 6.07) is 10.5. The third-order valence-electron chi connectivity index (χ3n) is 3.71. The molecule has 0 aliphatic rings. The van der Waals surface area contributed by atoms with Crippen LogP contribution in [0, 0.1) is 6.92 Å². The molecule has 2 N–H and O–H groups in total. The molecule has 8 nitrogen and oxygen atoms in total. The van der Waals surface area contributed by atoms with Crippen molar-refractivity contribution in [2.45, 2.75) is 20.5 Å². The number of aryl methyl sites for hydroxylation is 1. The van der Waals surface area contributed by atoms with Gasteiger partial charge in [-0.15, -0.1) is 0 Å². The van der Waals surface area contributed by atoms with Crippen molar-refractivity contribution in [2.24, 2.45) is 0 Å². The molecule has 0 atom stereocenters. The summed E-state index contributed by atoms with van der Waals surface area (Å²) in [4.78, 5) is 27.6. The van der Waals surface area contributed by atoms with Gasteiger partial charge in [-0.3, -0.25) is 10.2 Å². The molecule has 3 aromatic rings. The monoisotopic (exact) mass is 368 g/mol. The minimum atomic E-state index is -0.714. The van der Waals surface area contributed by atoms with Crippen LogP contribution in [0.25, 0.3) is 5.65 Å². The van der Waals surface area contributed by atoms with E-state index < -0.39 is 12.0 Å². The number of hydrazine groups is 1. The molecular weight excluding hydrogens is 348 g/mol. The summed E-state index contributed by atoms with van der Waals surface area (Å²) in [5, 5.41) is 0. The second kappa shape index (κ2) is 8.22. The average Bonchev–Trinajstić information content (AvgIpc) is 3.07. The van der Waals surface area contributed by atoms with Gasteiger partial charge in [0, 0.05) is 18.0 Å². The van der Waals surface area contributed by atoms with Crippen LogP contribution in [0.4, 0.5) is 4.79 Å². The third-order valence-corrected chi connectivity index (χ3v) is 3.71. The standard InChI is InChI=1S/C19H20N4O4/c1-3-26-19(25)22-21-18(24)14-5-7-16(8-6-14)27-12-15-11-23-10-13(2)4-9-17(23)20-15/h4-11H,3,12H2,1-2H3,(H,21,24)(H,22,25). The number of amides is 2. The van der Waals surface area contributed by atoms with Gasteiger partial charge in [-0.25, -0.2) is 15.2 Å². The number of fused-ring (bicyclic) bond motifs is 1. The van der Waals surface area contributed by atoms with E-state index in [0.717, 1.165) is 16.9 Å². The van der Waals surface area contributed by atoms with Crippen molar-refractivity contribution in [3.8, 4) is 5.75 Å². The van der Waals surface area contributed by atoms with Gasteiger partial charge < -0.3 is 13.9 Å².